The van der Waals surface area contributed by atoms with E-state index in [0.717, 1.165) is 52.7 Å². The summed E-state index contributed by atoms with van der Waals surface area (Å²) >= 11 is 0. The number of methoxy groups -OCH3 is 1. The zero-order valence-electron chi connectivity index (χ0n) is 20.1. The van der Waals surface area contributed by atoms with Crippen LogP contribution in [0, 0.1) is 0 Å². The molecule has 35 heavy (non-hydrogen) atoms. The summed E-state index contributed by atoms with van der Waals surface area (Å²) in [4.78, 5) is 34.7. The van der Waals surface area contributed by atoms with Crippen LogP contribution >= 0.6 is 0 Å². The lowest BCUT2D eigenvalue weighted by atomic mass is 9.86. The van der Waals surface area contributed by atoms with Crippen molar-refractivity contribution in [1.82, 2.24) is 14.8 Å². The molecular formula is C29H31N3O3. The summed E-state index contributed by atoms with van der Waals surface area (Å²) in [5.41, 5.74) is 5.59. The number of amides is 2. The number of fused-ring (bicyclic) bond motifs is 4. The average Bonchev–Trinajstić information content (AvgIpc) is 3.28. The normalized spacial score (nSPS) is 22.1. The maximum absolute atomic E-state index is 13.8. The van der Waals surface area contributed by atoms with Crippen LogP contribution in [0.3, 0.4) is 0 Å². The van der Waals surface area contributed by atoms with Gasteiger partial charge in [0.2, 0.25) is 11.8 Å². The predicted molar refractivity (Wildman–Crippen MR) is 135 cm³/mol. The fraction of sp³-hybridized carbons (Fsp3) is 0.379. The highest BCUT2D eigenvalue weighted by Gasteiger charge is 2.48. The fourth-order valence-electron chi connectivity index (χ4n) is 6.06. The van der Waals surface area contributed by atoms with Gasteiger partial charge in [0, 0.05) is 29.6 Å². The number of aromatic nitrogens is 1. The second-order valence-corrected chi connectivity index (χ2v) is 9.88. The Hall–Kier alpha value is -3.54. The number of ether oxygens (including phenoxy) is 1. The van der Waals surface area contributed by atoms with Crippen molar-refractivity contribution in [3.63, 3.8) is 0 Å². The summed E-state index contributed by atoms with van der Waals surface area (Å²) < 4.78 is 5.36. The van der Waals surface area contributed by atoms with Crippen molar-refractivity contribution in [1.29, 1.82) is 0 Å². The molecule has 1 aromatic heterocycles. The molecule has 0 spiro atoms. The van der Waals surface area contributed by atoms with Gasteiger partial charge < -0.3 is 19.5 Å². The number of allylic oxidation sites excluding steroid dienone is 1. The second-order valence-electron chi connectivity index (χ2n) is 9.88. The highest BCUT2D eigenvalue weighted by Crippen LogP contribution is 2.42. The summed E-state index contributed by atoms with van der Waals surface area (Å²) in [5.74, 6) is 0.843. The molecule has 0 radical (unpaired) electrons. The van der Waals surface area contributed by atoms with E-state index in [1.54, 1.807) is 12.0 Å². The van der Waals surface area contributed by atoms with Crippen LogP contribution in [0.1, 0.15) is 55.0 Å². The highest BCUT2D eigenvalue weighted by atomic mass is 16.5. The molecule has 1 saturated heterocycles. The van der Waals surface area contributed by atoms with Crippen LogP contribution in [-0.2, 0) is 16.0 Å². The molecule has 1 fully saturated rings. The molecule has 0 bridgehead atoms. The van der Waals surface area contributed by atoms with E-state index in [2.05, 4.69) is 23.2 Å². The molecule has 180 valence electrons. The van der Waals surface area contributed by atoms with Gasteiger partial charge in [-0.25, -0.2) is 0 Å². The number of para-hydroxylation sites is 1. The summed E-state index contributed by atoms with van der Waals surface area (Å²) in [5, 5.41) is 1.13. The summed E-state index contributed by atoms with van der Waals surface area (Å²) in [6.45, 7) is 0.763. The number of benzene rings is 2. The first-order valence-electron chi connectivity index (χ1n) is 12.7. The van der Waals surface area contributed by atoms with Crippen molar-refractivity contribution in [2.75, 3.05) is 20.2 Å². The molecule has 3 aromatic rings. The van der Waals surface area contributed by atoms with E-state index in [0.29, 0.717) is 13.0 Å². The quantitative estimate of drug-likeness (QED) is 0.549. The molecular weight excluding hydrogens is 438 g/mol. The van der Waals surface area contributed by atoms with Crippen LogP contribution in [0.25, 0.3) is 10.9 Å². The Balaban J connectivity index is 1.38. The number of aromatic amines is 1. The third kappa shape index (κ3) is 3.81. The van der Waals surface area contributed by atoms with E-state index in [-0.39, 0.29) is 24.4 Å². The first-order chi connectivity index (χ1) is 17.1. The molecule has 0 saturated carbocycles. The van der Waals surface area contributed by atoms with Crippen molar-refractivity contribution < 1.29 is 14.3 Å². The van der Waals surface area contributed by atoms with Crippen molar-refractivity contribution in [3.05, 3.63) is 77.0 Å². The van der Waals surface area contributed by atoms with Gasteiger partial charge in [-0.1, -0.05) is 42.0 Å². The topological polar surface area (TPSA) is 65.6 Å². The number of carbonyl (C=O) groups excluding carboxylic acids is 2. The van der Waals surface area contributed by atoms with Crippen LogP contribution in [0.4, 0.5) is 0 Å². The Morgan fingerprint density at radius 2 is 1.89 bits per heavy atom. The van der Waals surface area contributed by atoms with Crippen LogP contribution in [0.2, 0.25) is 0 Å². The molecule has 2 aromatic carbocycles. The summed E-state index contributed by atoms with van der Waals surface area (Å²) in [6.07, 6.45) is 8.45. The number of hydrogen-bond donors (Lipinski definition) is 1. The van der Waals surface area contributed by atoms with Gasteiger partial charge in [-0.15, -0.1) is 0 Å². The molecule has 6 rings (SSSR count). The molecule has 3 heterocycles. The smallest absolute Gasteiger partial charge is 0.246 e. The summed E-state index contributed by atoms with van der Waals surface area (Å²) in [6, 6.07) is 15.2. The number of hydrogen-bond acceptors (Lipinski definition) is 3. The number of carbonyl (C=O) groups is 2. The number of nitrogens with one attached hydrogen (secondary N) is 1. The SMILES string of the molecule is COc1ccc([C@H]2c3[nH]c4ccccc4c3C[C@H]3C(=O)N(CCC4=CCCCC4)CC(=O)N23)cc1. The van der Waals surface area contributed by atoms with Crippen LogP contribution in [-0.4, -0.2) is 52.8 Å². The standard InChI is InChI=1S/C29H31N3O3/c1-35-21-13-11-20(12-14-21)28-27-23(22-9-5-6-10-24(22)30-27)17-25-29(34)31(18-26(33)32(25)28)16-15-19-7-3-2-4-8-19/h5-7,9-14,25,28,30H,2-4,8,15-18H2,1H3/t25-,28-/m0/s1. The van der Waals surface area contributed by atoms with Gasteiger partial charge in [-0.05, 0) is 61.4 Å². The van der Waals surface area contributed by atoms with Gasteiger partial charge in [-0.3, -0.25) is 9.59 Å². The molecule has 0 unspecified atom stereocenters. The van der Waals surface area contributed by atoms with Crippen molar-refractivity contribution in [2.24, 2.45) is 0 Å². The van der Waals surface area contributed by atoms with Crippen molar-refractivity contribution >= 4 is 22.7 Å². The molecule has 1 aliphatic carbocycles. The van der Waals surface area contributed by atoms with E-state index in [4.69, 9.17) is 4.74 Å². The third-order valence-corrected chi connectivity index (χ3v) is 7.86. The van der Waals surface area contributed by atoms with E-state index < -0.39 is 6.04 Å². The van der Waals surface area contributed by atoms with Gasteiger partial charge in [0.15, 0.2) is 0 Å². The third-order valence-electron chi connectivity index (χ3n) is 7.86. The van der Waals surface area contributed by atoms with E-state index in [1.165, 1.54) is 18.4 Å². The highest BCUT2D eigenvalue weighted by molar-refractivity contribution is 5.97. The Bertz CT molecular complexity index is 1310. The fourth-order valence-corrected chi connectivity index (χ4v) is 6.06. The largest absolute Gasteiger partial charge is 0.497 e. The van der Waals surface area contributed by atoms with Gasteiger partial charge >= 0.3 is 0 Å². The number of rotatable bonds is 5. The number of H-pyrrole nitrogens is 1. The summed E-state index contributed by atoms with van der Waals surface area (Å²) in [7, 11) is 1.65. The van der Waals surface area contributed by atoms with Crippen LogP contribution in [0.5, 0.6) is 5.75 Å². The lowest BCUT2D eigenvalue weighted by molar-refractivity contribution is -0.158. The van der Waals surface area contributed by atoms with Crippen molar-refractivity contribution in [3.8, 4) is 5.75 Å². The van der Waals surface area contributed by atoms with Crippen molar-refractivity contribution in [2.45, 2.75) is 50.6 Å². The molecule has 3 aliphatic rings. The molecule has 6 heteroatoms. The first kappa shape index (κ1) is 22.0. The van der Waals surface area contributed by atoms with Crippen LogP contribution in [0.15, 0.2) is 60.2 Å². The zero-order chi connectivity index (χ0) is 23.9. The minimum Gasteiger partial charge on any atom is -0.497 e. The minimum absolute atomic E-state index is 0.0114. The van der Waals surface area contributed by atoms with Crippen LogP contribution < -0.4 is 4.74 Å². The van der Waals surface area contributed by atoms with Gasteiger partial charge in [0.25, 0.3) is 0 Å². The molecule has 1 N–H and O–H groups in total. The Labute approximate surface area is 205 Å². The predicted octanol–water partition coefficient (Wildman–Crippen LogP) is 4.75. The molecule has 6 nitrogen and oxygen atoms in total. The number of piperazine rings is 1. The monoisotopic (exact) mass is 469 g/mol. The van der Waals surface area contributed by atoms with Gasteiger partial charge in [0.1, 0.15) is 11.8 Å². The molecule has 2 aliphatic heterocycles. The number of nitrogens with zero attached hydrogens (tertiary/aromatic N) is 2. The van der Waals surface area contributed by atoms with Gasteiger partial charge in [0.05, 0.1) is 19.7 Å². The first-order valence-corrected chi connectivity index (χ1v) is 12.7. The zero-order valence-corrected chi connectivity index (χ0v) is 20.1. The Morgan fingerprint density at radius 3 is 2.66 bits per heavy atom. The van der Waals surface area contributed by atoms with Gasteiger partial charge in [-0.2, -0.15) is 0 Å². The minimum atomic E-state index is -0.490. The Kier molecular flexibility index (Phi) is 5.59. The lowest BCUT2D eigenvalue weighted by Crippen LogP contribution is -2.63. The maximum atomic E-state index is 13.8. The van der Waals surface area contributed by atoms with E-state index in [1.807, 2.05) is 41.3 Å². The van der Waals surface area contributed by atoms with E-state index >= 15 is 0 Å². The maximum Gasteiger partial charge on any atom is 0.246 e. The Morgan fingerprint density at radius 1 is 1.06 bits per heavy atom. The molecule has 2 atom stereocenters. The van der Waals surface area contributed by atoms with E-state index in [9.17, 15) is 9.59 Å². The second kappa shape index (κ2) is 8.91. The average molecular weight is 470 g/mol. The molecule has 2 amide bonds. The lowest BCUT2D eigenvalue weighted by Gasteiger charge is -2.47.